The number of para-hydroxylation sites is 1. The third-order valence-corrected chi connectivity index (χ3v) is 1.85. The van der Waals surface area contributed by atoms with Gasteiger partial charge in [-0.3, -0.25) is 4.79 Å². The van der Waals surface area contributed by atoms with Crippen molar-refractivity contribution in [2.24, 2.45) is 5.73 Å². The number of primary amides is 1. The molecule has 0 saturated carbocycles. The third-order valence-electron chi connectivity index (χ3n) is 1.85. The number of hydrogen-bond acceptors (Lipinski definition) is 2. The SMILES string of the molecule is CCc1ccccc1NCC(N)=O. The quantitative estimate of drug-likeness (QED) is 0.726. The maximum Gasteiger partial charge on any atom is 0.236 e. The van der Waals surface area contributed by atoms with Gasteiger partial charge in [-0.25, -0.2) is 0 Å². The Kier molecular flexibility index (Phi) is 3.31. The van der Waals surface area contributed by atoms with Gasteiger partial charge in [0.25, 0.3) is 0 Å². The van der Waals surface area contributed by atoms with E-state index in [4.69, 9.17) is 5.73 Å². The number of carbonyl (C=O) groups excluding carboxylic acids is 1. The predicted octanol–water partition coefficient (Wildman–Crippen LogP) is 1.15. The van der Waals surface area contributed by atoms with Crippen molar-refractivity contribution in [1.29, 1.82) is 0 Å². The minimum Gasteiger partial charge on any atom is -0.376 e. The Morgan fingerprint density at radius 1 is 1.46 bits per heavy atom. The Hall–Kier alpha value is -1.51. The maximum absolute atomic E-state index is 10.5. The first-order chi connectivity index (χ1) is 6.24. The van der Waals surface area contributed by atoms with Crippen molar-refractivity contribution in [3.63, 3.8) is 0 Å². The van der Waals surface area contributed by atoms with Crippen LogP contribution in [0, 0.1) is 0 Å². The van der Waals surface area contributed by atoms with Gasteiger partial charge < -0.3 is 11.1 Å². The highest BCUT2D eigenvalue weighted by molar-refractivity contribution is 5.79. The molecule has 0 aliphatic carbocycles. The topological polar surface area (TPSA) is 55.1 Å². The van der Waals surface area contributed by atoms with Crippen molar-refractivity contribution in [3.05, 3.63) is 29.8 Å². The van der Waals surface area contributed by atoms with Crippen molar-refractivity contribution in [2.45, 2.75) is 13.3 Å². The van der Waals surface area contributed by atoms with Gasteiger partial charge in [0.15, 0.2) is 0 Å². The Balaban J connectivity index is 2.69. The molecule has 1 amide bonds. The molecule has 0 saturated heterocycles. The first kappa shape index (κ1) is 9.58. The van der Waals surface area contributed by atoms with E-state index in [1.54, 1.807) is 0 Å². The second kappa shape index (κ2) is 4.50. The largest absolute Gasteiger partial charge is 0.376 e. The van der Waals surface area contributed by atoms with Crippen molar-refractivity contribution in [2.75, 3.05) is 11.9 Å². The lowest BCUT2D eigenvalue weighted by Crippen LogP contribution is -2.22. The molecule has 0 unspecified atom stereocenters. The lowest BCUT2D eigenvalue weighted by Gasteiger charge is -2.08. The molecular weight excluding hydrogens is 164 g/mol. The molecule has 0 heterocycles. The van der Waals surface area contributed by atoms with Crippen LogP contribution in [0.2, 0.25) is 0 Å². The molecule has 0 bridgehead atoms. The van der Waals surface area contributed by atoms with Crippen molar-refractivity contribution < 1.29 is 4.79 Å². The van der Waals surface area contributed by atoms with Gasteiger partial charge in [-0.05, 0) is 18.1 Å². The summed E-state index contributed by atoms with van der Waals surface area (Å²) in [5.74, 6) is -0.342. The van der Waals surface area contributed by atoms with Gasteiger partial charge >= 0.3 is 0 Å². The molecule has 0 spiro atoms. The number of aryl methyl sites for hydroxylation is 1. The zero-order valence-electron chi connectivity index (χ0n) is 7.71. The standard InChI is InChI=1S/C10H14N2O/c1-2-8-5-3-4-6-9(8)12-7-10(11)13/h3-6,12H,2,7H2,1H3,(H2,11,13). The normalized spacial score (nSPS) is 9.62. The first-order valence-corrected chi connectivity index (χ1v) is 4.34. The Bertz CT molecular complexity index is 297. The number of nitrogens with one attached hydrogen (secondary N) is 1. The highest BCUT2D eigenvalue weighted by Gasteiger charge is 1.99. The van der Waals surface area contributed by atoms with Gasteiger partial charge in [0.05, 0.1) is 6.54 Å². The summed E-state index contributed by atoms with van der Waals surface area (Å²) in [4.78, 5) is 10.5. The lowest BCUT2D eigenvalue weighted by molar-refractivity contribution is -0.116. The van der Waals surface area contributed by atoms with Crippen molar-refractivity contribution in [3.8, 4) is 0 Å². The fourth-order valence-electron chi connectivity index (χ4n) is 1.18. The van der Waals surface area contributed by atoms with Crippen LogP contribution < -0.4 is 11.1 Å². The smallest absolute Gasteiger partial charge is 0.236 e. The Labute approximate surface area is 77.9 Å². The molecule has 0 aliphatic rings. The monoisotopic (exact) mass is 178 g/mol. The first-order valence-electron chi connectivity index (χ1n) is 4.34. The summed E-state index contributed by atoms with van der Waals surface area (Å²) in [6.45, 7) is 2.27. The molecule has 3 heteroatoms. The van der Waals surface area contributed by atoms with E-state index >= 15 is 0 Å². The average molecular weight is 178 g/mol. The Morgan fingerprint density at radius 2 is 2.15 bits per heavy atom. The van der Waals surface area contributed by atoms with E-state index in [0.29, 0.717) is 0 Å². The van der Waals surface area contributed by atoms with E-state index < -0.39 is 0 Å². The van der Waals surface area contributed by atoms with Crippen LogP contribution in [-0.4, -0.2) is 12.5 Å². The highest BCUT2D eigenvalue weighted by atomic mass is 16.1. The highest BCUT2D eigenvalue weighted by Crippen LogP contribution is 2.14. The van der Waals surface area contributed by atoms with Gasteiger partial charge in [0, 0.05) is 5.69 Å². The minimum absolute atomic E-state index is 0.191. The summed E-state index contributed by atoms with van der Waals surface area (Å²) < 4.78 is 0. The zero-order chi connectivity index (χ0) is 9.68. The number of carbonyl (C=O) groups is 1. The minimum atomic E-state index is -0.342. The maximum atomic E-state index is 10.5. The summed E-state index contributed by atoms with van der Waals surface area (Å²) in [6.07, 6.45) is 0.946. The van der Waals surface area contributed by atoms with Crippen LogP contribution in [0.1, 0.15) is 12.5 Å². The van der Waals surface area contributed by atoms with Gasteiger partial charge in [0.2, 0.25) is 5.91 Å². The van der Waals surface area contributed by atoms with Gasteiger partial charge in [0.1, 0.15) is 0 Å². The molecule has 1 aromatic carbocycles. The van der Waals surface area contributed by atoms with Crippen molar-refractivity contribution in [1.82, 2.24) is 0 Å². The number of nitrogens with two attached hydrogens (primary N) is 1. The molecule has 1 rings (SSSR count). The van der Waals surface area contributed by atoms with E-state index in [1.807, 2.05) is 24.3 Å². The molecule has 0 aliphatic heterocycles. The molecule has 13 heavy (non-hydrogen) atoms. The average Bonchev–Trinajstić information content (AvgIpc) is 2.15. The van der Waals surface area contributed by atoms with Gasteiger partial charge in [-0.15, -0.1) is 0 Å². The van der Waals surface area contributed by atoms with E-state index in [1.165, 1.54) is 5.56 Å². The summed E-state index contributed by atoms with van der Waals surface area (Å²) in [7, 11) is 0. The van der Waals surface area contributed by atoms with Gasteiger partial charge in [-0.2, -0.15) is 0 Å². The van der Waals surface area contributed by atoms with E-state index in [0.717, 1.165) is 12.1 Å². The molecule has 3 nitrogen and oxygen atoms in total. The molecular formula is C10H14N2O. The number of rotatable bonds is 4. The Morgan fingerprint density at radius 3 is 2.77 bits per heavy atom. The molecule has 1 aromatic rings. The summed E-state index contributed by atoms with van der Waals surface area (Å²) in [6, 6.07) is 7.89. The van der Waals surface area contributed by atoms with Crippen LogP contribution in [-0.2, 0) is 11.2 Å². The summed E-state index contributed by atoms with van der Waals surface area (Å²) >= 11 is 0. The predicted molar refractivity (Wildman–Crippen MR) is 53.5 cm³/mol. The fourth-order valence-corrected chi connectivity index (χ4v) is 1.18. The van der Waals surface area contributed by atoms with Crippen LogP contribution in [0.4, 0.5) is 5.69 Å². The van der Waals surface area contributed by atoms with Crippen molar-refractivity contribution >= 4 is 11.6 Å². The third kappa shape index (κ3) is 2.78. The number of amides is 1. The summed E-state index contributed by atoms with van der Waals surface area (Å²) in [5, 5.41) is 2.99. The zero-order valence-corrected chi connectivity index (χ0v) is 7.71. The molecule has 70 valence electrons. The molecule has 0 radical (unpaired) electrons. The number of hydrogen-bond donors (Lipinski definition) is 2. The second-order valence-electron chi connectivity index (χ2n) is 2.83. The molecule has 0 fully saturated rings. The van der Waals surface area contributed by atoms with Crippen LogP contribution in [0.5, 0.6) is 0 Å². The molecule has 3 N–H and O–H groups in total. The number of anilines is 1. The second-order valence-corrected chi connectivity index (χ2v) is 2.83. The number of benzene rings is 1. The molecule has 0 atom stereocenters. The fraction of sp³-hybridized carbons (Fsp3) is 0.300. The molecule has 0 aromatic heterocycles. The van der Waals surface area contributed by atoms with E-state index in [9.17, 15) is 4.79 Å². The van der Waals surface area contributed by atoms with Crippen LogP contribution in [0.15, 0.2) is 24.3 Å². The summed E-state index contributed by atoms with van der Waals surface area (Å²) in [5.41, 5.74) is 7.22. The van der Waals surface area contributed by atoms with Crippen LogP contribution in [0.3, 0.4) is 0 Å². The van der Waals surface area contributed by atoms with Crippen LogP contribution >= 0.6 is 0 Å². The van der Waals surface area contributed by atoms with E-state index in [-0.39, 0.29) is 12.5 Å². The lowest BCUT2D eigenvalue weighted by atomic mass is 10.1. The van der Waals surface area contributed by atoms with Gasteiger partial charge in [-0.1, -0.05) is 25.1 Å². The van der Waals surface area contributed by atoms with Crippen LogP contribution in [0.25, 0.3) is 0 Å². The van der Waals surface area contributed by atoms with E-state index in [2.05, 4.69) is 12.2 Å².